The van der Waals surface area contributed by atoms with Gasteiger partial charge in [-0.2, -0.15) is 8.42 Å². The van der Waals surface area contributed by atoms with Crippen molar-refractivity contribution in [3.63, 3.8) is 0 Å². The van der Waals surface area contributed by atoms with Crippen LogP contribution in [-0.2, 0) is 10.1 Å². The lowest BCUT2D eigenvalue weighted by atomic mass is 9.86. The van der Waals surface area contributed by atoms with Crippen LogP contribution in [0.2, 0.25) is 0 Å². The molecule has 2 aromatic carbocycles. The average molecular weight is 304 g/mol. The topological polar surface area (TPSA) is 61.8 Å². The van der Waals surface area contributed by atoms with E-state index in [9.17, 15) is 8.42 Å². The minimum atomic E-state index is -3.86. The van der Waals surface area contributed by atoms with Crippen molar-refractivity contribution in [2.75, 3.05) is 0 Å². The highest BCUT2D eigenvalue weighted by atomic mass is 32.2. The summed E-state index contributed by atoms with van der Waals surface area (Å²) in [5, 5.41) is -0.967. The van der Waals surface area contributed by atoms with Gasteiger partial charge in [0, 0.05) is 0 Å². The van der Waals surface area contributed by atoms with Gasteiger partial charge in [-0.15, -0.1) is 0 Å². The van der Waals surface area contributed by atoms with E-state index in [1.807, 2.05) is 0 Å². The monoisotopic (exact) mass is 304 g/mol. The zero-order valence-electron chi connectivity index (χ0n) is 11.3. The predicted molar refractivity (Wildman–Crippen MR) is 78.9 cm³/mol. The van der Waals surface area contributed by atoms with Crippen LogP contribution in [-0.4, -0.2) is 20.7 Å². The molecule has 2 aromatic rings. The first-order valence-corrected chi connectivity index (χ1v) is 7.94. The van der Waals surface area contributed by atoms with Crippen LogP contribution in [0.4, 0.5) is 0 Å². The normalized spacial score (nSPS) is 14.8. The molecule has 1 aliphatic heterocycles. The summed E-state index contributed by atoms with van der Waals surface area (Å²) in [5.74, 6) is 1.33. The Labute approximate surface area is 123 Å². The maximum Gasteiger partial charge on any atom is 0.617 e. The van der Waals surface area contributed by atoms with Crippen LogP contribution in [0.25, 0.3) is 0 Å². The smallest absolute Gasteiger partial charge is 0.522 e. The van der Waals surface area contributed by atoms with Crippen LogP contribution in [0.1, 0.15) is 6.92 Å². The summed E-state index contributed by atoms with van der Waals surface area (Å²) in [6.07, 6.45) is 0. The second-order valence-corrected chi connectivity index (χ2v) is 6.54. The summed E-state index contributed by atoms with van der Waals surface area (Å²) in [6, 6.07) is 15.4. The van der Waals surface area contributed by atoms with Crippen molar-refractivity contribution in [2.24, 2.45) is 0 Å². The standard InChI is InChI=1S/C14H13BO5S/c1-11(15-18-13-9-5-6-10-14(13)19-15)21(16,17)20-12-7-3-2-4-8-12/h2-11H,1H3. The van der Waals surface area contributed by atoms with Crippen molar-refractivity contribution in [3.8, 4) is 17.2 Å². The minimum Gasteiger partial charge on any atom is -0.522 e. The first-order chi connectivity index (χ1) is 10.1. The molecule has 0 saturated carbocycles. The Kier molecular flexibility index (Phi) is 3.51. The van der Waals surface area contributed by atoms with Crippen LogP contribution in [0.5, 0.6) is 17.2 Å². The van der Waals surface area contributed by atoms with Gasteiger partial charge in [0.25, 0.3) is 0 Å². The number of para-hydroxylation sites is 3. The molecule has 0 radical (unpaired) electrons. The van der Waals surface area contributed by atoms with E-state index in [-0.39, 0.29) is 5.75 Å². The van der Waals surface area contributed by atoms with Crippen molar-refractivity contribution >= 4 is 17.2 Å². The van der Waals surface area contributed by atoms with E-state index in [2.05, 4.69) is 0 Å². The van der Waals surface area contributed by atoms with Gasteiger partial charge >= 0.3 is 17.2 Å². The molecule has 108 valence electrons. The fourth-order valence-electron chi connectivity index (χ4n) is 1.93. The van der Waals surface area contributed by atoms with Gasteiger partial charge in [-0.1, -0.05) is 30.3 Å². The SMILES string of the molecule is CC(B1Oc2ccccc2O1)S(=O)(=O)Oc1ccccc1. The number of hydrogen-bond acceptors (Lipinski definition) is 5. The van der Waals surface area contributed by atoms with Gasteiger partial charge < -0.3 is 13.5 Å². The molecule has 0 amide bonds. The molecule has 1 aliphatic rings. The molecule has 0 fully saturated rings. The van der Waals surface area contributed by atoms with Gasteiger partial charge in [-0.05, 0) is 31.2 Å². The summed E-state index contributed by atoms with van der Waals surface area (Å²) in [7, 11) is -4.78. The Balaban J connectivity index is 1.75. The van der Waals surface area contributed by atoms with Gasteiger partial charge in [0.15, 0.2) is 5.15 Å². The summed E-state index contributed by atoms with van der Waals surface area (Å²) in [5.41, 5.74) is 0. The summed E-state index contributed by atoms with van der Waals surface area (Å²) < 4.78 is 40.6. The Morgan fingerprint density at radius 3 is 2.05 bits per heavy atom. The summed E-state index contributed by atoms with van der Waals surface area (Å²) in [6.45, 7) is 1.49. The second-order valence-electron chi connectivity index (χ2n) is 4.65. The first-order valence-electron chi connectivity index (χ1n) is 6.47. The number of fused-ring (bicyclic) bond motifs is 1. The van der Waals surface area contributed by atoms with E-state index in [1.165, 1.54) is 6.92 Å². The molecule has 1 unspecified atom stereocenters. The van der Waals surface area contributed by atoms with Crippen LogP contribution < -0.4 is 13.5 Å². The van der Waals surface area contributed by atoms with Crippen LogP contribution in [0, 0.1) is 0 Å². The van der Waals surface area contributed by atoms with Crippen molar-refractivity contribution in [2.45, 2.75) is 12.1 Å². The zero-order valence-corrected chi connectivity index (χ0v) is 12.1. The number of hydrogen-bond donors (Lipinski definition) is 0. The molecular weight excluding hydrogens is 291 g/mol. The van der Waals surface area contributed by atoms with Crippen LogP contribution in [0.15, 0.2) is 54.6 Å². The highest BCUT2D eigenvalue weighted by Crippen LogP contribution is 2.34. The third-order valence-corrected chi connectivity index (χ3v) is 4.69. The lowest BCUT2D eigenvalue weighted by Crippen LogP contribution is -2.44. The van der Waals surface area contributed by atoms with Crippen molar-refractivity contribution in [1.29, 1.82) is 0 Å². The first kappa shape index (κ1) is 13.8. The van der Waals surface area contributed by atoms with Gasteiger partial charge in [0.1, 0.15) is 17.2 Å². The van der Waals surface area contributed by atoms with E-state index in [1.54, 1.807) is 54.6 Å². The van der Waals surface area contributed by atoms with Crippen molar-refractivity contribution < 1.29 is 21.9 Å². The van der Waals surface area contributed by atoms with Crippen LogP contribution in [0.3, 0.4) is 0 Å². The maximum absolute atomic E-state index is 12.3. The molecule has 1 atom stereocenters. The molecule has 0 bridgehead atoms. The van der Waals surface area contributed by atoms with Gasteiger partial charge in [0.05, 0.1) is 0 Å². The Hall–Kier alpha value is -2.15. The molecule has 1 heterocycles. The fourth-order valence-corrected chi connectivity index (χ4v) is 2.85. The fraction of sp³-hybridized carbons (Fsp3) is 0.143. The van der Waals surface area contributed by atoms with E-state index in [4.69, 9.17) is 13.5 Å². The molecule has 0 N–H and O–H groups in total. The molecule has 0 spiro atoms. The zero-order chi connectivity index (χ0) is 14.9. The van der Waals surface area contributed by atoms with E-state index in [0.717, 1.165) is 0 Å². The highest BCUT2D eigenvalue weighted by molar-refractivity contribution is 7.89. The summed E-state index contributed by atoms with van der Waals surface area (Å²) >= 11 is 0. The van der Waals surface area contributed by atoms with Crippen molar-refractivity contribution in [1.82, 2.24) is 0 Å². The van der Waals surface area contributed by atoms with Gasteiger partial charge in [-0.3, -0.25) is 0 Å². The van der Waals surface area contributed by atoms with Gasteiger partial charge in [-0.25, -0.2) is 0 Å². The summed E-state index contributed by atoms with van der Waals surface area (Å²) in [4.78, 5) is 0. The molecule has 5 nitrogen and oxygen atoms in total. The average Bonchev–Trinajstić information content (AvgIpc) is 2.90. The molecule has 21 heavy (non-hydrogen) atoms. The van der Waals surface area contributed by atoms with E-state index in [0.29, 0.717) is 11.5 Å². The Morgan fingerprint density at radius 1 is 0.952 bits per heavy atom. The lowest BCUT2D eigenvalue weighted by Gasteiger charge is -2.14. The third-order valence-electron chi connectivity index (χ3n) is 3.13. The largest absolute Gasteiger partial charge is 0.617 e. The number of benzene rings is 2. The van der Waals surface area contributed by atoms with E-state index >= 15 is 0 Å². The third kappa shape index (κ3) is 2.83. The van der Waals surface area contributed by atoms with Crippen LogP contribution >= 0.6 is 0 Å². The molecule has 3 rings (SSSR count). The van der Waals surface area contributed by atoms with Crippen molar-refractivity contribution in [3.05, 3.63) is 54.6 Å². The van der Waals surface area contributed by atoms with E-state index < -0.39 is 22.4 Å². The second kappa shape index (κ2) is 5.33. The highest BCUT2D eigenvalue weighted by Gasteiger charge is 2.46. The molecule has 0 aliphatic carbocycles. The molecule has 7 heteroatoms. The Bertz CT molecular complexity index is 707. The molecule has 0 aromatic heterocycles. The molecule has 0 saturated heterocycles. The van der Waals surface area contributed by atoms with Gasteiger partial charge in [0.2, 0.25) is 0 Å². The molecular formula is C14H13BO5S. The number of rotatable bonds is 4. The minimum absolute atomic E-state index is 0.264. The quantitative estimate of drug-likeness (QED) is 0.640. The lowest BCUT2D eigenvalue weighted by molar-refractivity contribution is 0.459. The predicted octanol–water partition coefficient (Wildman–Crippen LogP) is 2.28. The maximum atomic E-state index is 12.3. The Morgan fingerprint density at radius 2 is 1.48 bits per heavy atom.